The molecule has 0 aromatic heterocycles. The summed E-state index contributed by atoms with van der Waals surface area (Å²) in [6.45, 7) is 15.7. The first-order valence-corrected chi connectivity index (χ1v) is 7.69. The first-order valence-electron chi connectivity index (χ1n) is 4.53. The van der Waals surface area contributed by atoms with Crippen molar-refractivity contribution in [1.82, 2.24) is 0 Å². The third-order valence-corrected chi connectivity index (χ3v) is 6.45. The SMILES string of the molecule is C=C[PH](C)(C)C(C)CC(C)C. The summed E-state index contributed by atoms with van der Waals surface area (Å²) < 4.78 is 0. The molecule has 1 unspecified atom stereocenters. The zero-order valence-corrected chi connectivity index (χ0v) is 9.65. The van der Waals surface area contributed by atoms with Crippen LogP contribution in [0.15, 0.2) is 12.4 Å². The van der Waals surface area contributed by atoms with Gasteiger partial charge in [-0.05, 0) is 0 Å². The molecule has 1 heteroatoms. The fourth-order valence-corrected chi connectivity index (χ4v) is 2.69. The Balaban J connectivity index is 4.01. The van der Waals surface area contributed by atoms with Crippen molar-refractivity contribution in [3.8, 4) is 0 Å². The first kappa shape index (κ1) is 11.2. The topological polar surface area (TPSA) is 0 Å². The Morgan fingerprint density at radius 2 is 1.73 bits per heavy atom. The summed E-state index contributed by atoms with van der Waals surface area (Å²) in [4.78, 5) is 0. The van der Waals surface area contributed by atoms with E-state index >= 15 is 0 Å². The summed E-state index contributed by atoms with van der Waals surface area (Å²) in [7, 11) is -1.08. The molecule has 0 aliphatic heterocycles. The van der Waals surface area contributed by atoms with E-state index in [1.165, 1.54) is 6.42 Å². The molecule has 0 saturated heterocycles. The molecule has 0 spiro atoms. The molecule has 0 aromatic carbocycles. The van der Waals surface area contributed by atoms with Crippen LogP contribution in [0.1, 0.15) is 27.2 Å². The zero-order valence-electron chi connectivity index (χ0n) is 8.65. The second-order valence-electron chi connectivity index (χ2n) is 4.56. The minimum atomic E-state index is -1.08. The van der Waals surface area contributed by atoms with Crippen molar-refractivity contribution < 1.29 is 0 Å². The third-order valence-electron chi connectivity index (χ3n) is 2.62. The molecular formula is C10H23P. The molecule has 0 heterocycles. The fraction of sp³-hybridized carbons (Fsp3) is 0.800. The van der Waals surface area contributed by atoms with E-state index in [-0.39, 0.29) is 0 Å². The van der Waals surface area contributed by atoms with E-state index < -0.39 is 7.26 Å². The molecular weight excluding hydrogens is 151 g/mol. The van der Waals surface area contributed by atoms with Crippen molar-refractivity contribution in [1.29, 1.82) is 0 Å². The quantitative estimate of drug-likeness (QED) is 0.571. The van der Waals surface area contributed by atoms with Gasteiger partial charge in [-0.1, -0.05) is 0 Å². The van der Waals surface area contributed by atoms with Crippen molar-refractivity contribution in [3.63, 3.8) is 0 Å². The van der Waals surface area contributed by atoms with Gasteiger partial charge in [0, 0.05) is 0 Å². The molecule has 0 radical (unpaired) electrons. The Morgan fingerprint density at radius 3 is 2.00 bits per heavy atom. The molecule has 0 saturated carbocycles. The maximum absolute atomic E-state index is 3.92. The van der Waals surface area contributed by atoms with Crippen molar-refractivity contribution >= 4 is 7.26 Å². The van der Waals surface area contributed by atoms with Gasteiger partial charge in [-0.25, -0.2) is 0 Å². The third kappa shape index (κ3) is 3.91. The normalized spacial score (nSPS) is 16.5. The maximum atomic E-state index is 3.92. The fourth-order valence-electron chi connectivity index (χ4n) is 1.21. The minimum absolute atomic E-state index is 0.830. The predicted octanol–water partition coefficient (Wildman–Crippen LogP) is 3.57. The van der Waals surface area contributed by atoms with Crippen molar-refractivity contribution in [3.05, 3.63) is 12.4 Å². The number of hydrogen-bond donors (Lipinski definition) is 0. The van der Waals surface area contributed by atoms with Gasteiger partial charge in [0.1, 0.15) is 0 Å². The molecule has 0 nitrogen and oxygen atoms in total. The molecule has 0 rings (SSSR count). The van der Waals surface area contributed by atoms with Gasteiger partial charge < -0.3 is 0 Å². The van der Waals surface area contributed by atoms with Crippen LogP contribution in [0.25, 0.3) is 0 Å². The molecule has 0 bridgehead atoms. The Kier molecular flexibility index (Phi) is 4.32. The van der Waals surface area contributed by atoms with E-state index in [4.69, 9.17) is 0 Å². The second-order valence-corrected chi connectivity index (χ2v) is 9.59. The standard InChI is InChI=1S/C10H23P/c1-7-11(5,6)10(4)8-9(2)3/h7,9-11H,1,8H2,2-6H3. The van der Waals surface area contributed by atoms with Crippen LogP contribution >= 0.6 is 7.26 Å². The Morgan fingerprint density at radius 1 is 1.27 bits per heavy atom. The van der Waals surface area contributed by atoms with Crippen molar-refractivity contribution in [2.45, 2.75) is 32.9 Å². The zero-order chi connectivity index (χ0) is 9.07. The van der Waals surface area contributed by atoms with Crippen LogP contribution in [0.5, 0.6) is 0 Å². The predicted molar refractivity (Wildman–Crippen MR) is 59.3 cm³/mol. The van der Waals surface area contributed by atoms with Gasteiger partial charge in [-0.2, -0.15) is 0 Å². The molecule has 68 valence electrons. The first-order chi connectivity index (χ1) is 4.90. The van der Waals surface area contributed by atoms with Crippen molar-refractivity contribution in [2.24, 2.45) is 5.92 Å². The van der Waals surface area contributed by atoms with Crippen molar-refractivity contribution in [2.75, 3.05) is 13.3 Å². The van der Waals surface area contributed by atoms with E-state index in [1.54, 1.807) is 0 Å². The monoisotopic (exact) mass is 174 g/mol. The van der Waals surface area contributed by atoms with E-state index in [9.17, 15) is 0 Å². The molecule has 0 amide bonds. The van der Waals surface area contributed by atoms with Gasteiger partial charge >= 0.3 is 71.8 Å². The van der Waals surface area contributed by atoms with E-state index in [1.807, 2.05) is 0 Å². The molecule has 0 N–H and O–H groups in total. The summed E-state index contributed by atoms with van der Waals surface area (Å²) in [6, 6.07) is 0. The van der Waals surface area contributed by atoms with Crippen LogP contribution in [-0.2, 0) is 0 Å². The Bertz CT molecular complexity index is 125. The van der Waals surface area contributed by atoms with Crippen LogP contribution in [0, 0.1) is 5.92 Å². The number of rotatable bonds is 4. The van der Waals surface area contributed by atoms with Gasteiger partial charge in [0.05, 0.1) is 0 Å². The summed E-state index contributed by atoms with van der Waals surface area (Å²) >= 11 is 0. The summed E-state index contributed by atoms with van der Waals surface area (Å²) in [5.41, 5.74) is 0.875. The molecule has 0 aliphatic rings. The van der Waals surface area contributed by atoms with Gasteiger partial charge in [-0.3, -0.25) is 0 Å². The van der Waals surface area contributed by atoms with E-state index in [2.05, 4.69) is 46.5 Å². The van der Waals surface area contributed by atoms with Crippen LogP contribution in [0.4, 0.5) is 0 Å². The molecule has 0 aliphatic carbocycles. The van der Waals surface area contributed by atoms with E-state index in [0.717, 1.165) is 11.6 Å². The average Bonchev–Trinajstić information content (AvgIpc) is 1.86. The Hall–Kier alpha value is 0.170. The molecule has 11 heavy (non-hydrogen) atoms. The summed E-state index contributed by atoms with van der Waals surface area (Å²) in [5, 5.41) is 0. The summed E-state index contributed by atoms with van der Waals surface area (Å²) in [5.74, 6) is 3.04. The van der Waals surface area contributed by atoms with E-state index in [0.29, 0.717) is 0 Å². The van der Waals surface area contributed by atoms with Gasteiger partial charge in [0.2, 0.25) is 0 Å². The molecule has 0 fully saturated rings. The number of hydrogen-bond acceptors (Lipinski definition) is 0. The van der Waals surface area contributed by atoms with Gasteiger partial charge in [0.25, 0.3) is 0 Å². The van der Waals surface area contributed by atoms with Crippen LogP contribution in [-0.4, -0.2) is 19.0 Å². The van der Waals surface area contributed by atoms with Gasteiger partial charge in [0.15, 0.2) is 0 Å². The van der Waals surface area contributed by atoms with Crippen LogP contribution in [0.3, 0.4) is 0 Å². The van der Waals surface area contributed by atoms with Gasteiger partial charge in [-0.15, -0.1) is 0 Å². The van der Waals surface area contributed by atoms with Crippen LogP contribution < -0.4 is 0 Å². The second kappa shape index (κ2) is 4.26. The Labute approximate surface area is 72.4 Å². The molecule has 0 aromatic rings. The van der Waals surface area contributed by atoms with Crippen LogP contribution in [0.2, 0.25) is 0 Å². The molecule has 1 atom stereocenters. The summed E-state index contributed by atoms with van der Waals surface area (Å²) in [6.07, 6.45) is 1.35. The average molecular weight is 174 g/mol.